The van der Waals surface area contributed by atoms with Crippen LogP contribution in [0.2, 0.25) is 5.02 Å². The third kappa shape index (κ3) is 3.49. The van der Waals surface area contributed by atoms with Gasteiger partial charge in [-0.05, 0) is 24.1 Å². The van der Waals surface area contributed by atoms with Crippen molar-refractivity contribution in [3.05, 3.63) is 34.9 Å². The molecule has 20 heavy (non-hydrogen) atoms. The number of carbonyl (C=O) groups is 1. The maximum Gasteiger partial charge on any atom is 0.282 e. The number of halogens is 1. The van der Waals surface area contributed by atoms with Crippen molar-refractivity contribution in [1.29, 1.82) is 0 Å². The fraction of sp³-hybridized carbons (Fsp3) is 0.417. The molecule has 1 amide bonds. The van der Waals surface area contributed by atoms with E-state index in [0.29, 0.717) is 24.5 Å². The maximum absolute atomic E-state index is 12.3. The molecule has 0 atom stereocenters. The summed E-state index contributed by atoms with van der Waals surface area (Å²) in [6.45, 7) is 0.688. The molecule has 0 aromatic heterocycles. The number of nitrogens with zero attached hydrogens (tertiary/aromatic N) is 2. The van der Waals surface area contributed by atoms with Gasteiger partial charge in [0.1, 0.15) is 0 Å². The third-order valence-electron chi connectivity index (χ3n) is 3.05. The average molecular weight is 318 g/mol. The summed E-state index contributed by atoms with van der Waals surface area (Å²) >= 11 is 5.89. The van der Waals surface area contributed by atoms with Gasteiger partial charge in [-0.25, -0.2) is 0 Å². The highest BCUT2D eigenvalue weighted by molar-refractivity contribution is 7.86. The summed E-state index contributed by atoms with van der Waals surface area (Å²) in [5, 5.41) is 0.561. The van der Waals surface area contributed by atoms with Gasteiger partial charge < -0.3 is 5.73 Å². The van der Waals surface area contributed by atoms with Crippen LogP contribution in [0.1, 0.15) is 12.0 Å². The van der Waals surface area contributed by atoms with Gasteiger partial charge in [0, 0.05) is 24.7 Å². The molecule has 8 heteroatoms. The first-order valence-electron chi connectivity index (χ1n) is 6.17. The zero-order valence-corrected chi connectivity index (χ0v) is 12.4. The van der Waals surface area contributed by atoms with Gasteiger partial charge in [-0.2, -0.15) is 17.0 Å². The van der Waals surface area contributed by atoms with Crippen LogP contribution in [0.15, 0.2) is 24.3 Å². The number of rotatable bonds is 4. The summed E-state index contributed by atoms with van der Waals surface area (Å²) in [4.78, 5) is 10.9. The minimum absolute atomic E-state index is 0.234. The molecule has 1 aliphatic heterocycles. The molecule has 1 aliphatic rings. The van der Waals surface area contributed by atoms with Crippen LogP contribution >= 0.6 is 11.6 Å². The number of hydrogen-bond acceptors (Lipinski definition) is 3. The minimum atomic E-state index is -3.65. The van der Waals surface area contributed by atoms with Crippen LogP contribution in [-0.4, -0.2) is 42.6 Å². The third-order valence-corrected chi connectivity index (χ3v) is 5.21. The first-order valence-corrected chi connectivity index (χ1v) is 7.95. The van der Waals surface area contributed by atoms with E-state index >= 15 is 0 Å². The van der Waals surface area contributed by atoms with Crippen molar-refractivity contribution in [2.45, 2.75) is 13.0 Å². The number of hydrogen-bond donors (Lipinski definition) is 1. The molecular formula is C12H16ClN3O3S. The first-order chi connectivity index (χ1) is 9.39. The molecule has 0 aliphatic carbocycles. The fourth-order valence-electron chi connectivity index (χ4n) is 2.15. The second-order valence-electron chi connectivity index (χ2n) is 4.62. The fourth-order valence-corrected chi connectivity index (χ4v) is 4.01. The molecule has 6 nitrogen and oxygen atoms in total. The van der Waals surface area contributed by atoms with E-state index in [1.165, 1.54) is 4.31 Å². The Morgan fingerprint density at radius 1 is 1.30 bits per heavy atom. The molecule has 0 saturated carbocycles. The van der Waals surface area contributed by atoms with E-state index in [1.807, 2.05) is 6.07 Å². The van der Waals surface area contributed by atoms with Crippen molar-refractivity contribution in [1.82, 2.24) is 8.61 Å². The number of amides is 1. The number of benzene rings is 1. The number of nitrogens with two attached hydrogens (primary N) is 1. The molecule has 110 valence electrons. The zero-order chi connectivity index (χ0) is 14.8. The van der Waals surface area contributed by atoms with Crippen LogP contribution < -0.4 is 5.73 Å². The second kappa shape index (κ2) is 6.09. The summed E-state index contributed by atoms with van der Waals surface area (Å²) in [5.74, 6) is -0.654. The molecule has 0 unspecified atom stereocenters. The van der Waals surface area contributed by atoms with E-state index in [1.54, 1.807) is 18.2 Å². The SMILES string of the molecule is NC(=O)CN1CCCN(Cc2cccc(Cl)c2)S1(=O)=O. The van der Waals surface area contributed by atoms with Gasteiger partial charge in [-0.1, -0.05) is 23.7 Å². The first kappa shape index (κ1) is 15.2. The Hall–Kier alpha value is -1.15. The Morgan fingerprint density at radius 2 is 2.00 bits per heavy atom. The van der Waals surface area contributed by atoms with Gasteiger partial charge >= 0.3 is 0 Å². The quantitative estimate of drug-likeness (QED) is 0.881. The van der Waals surface area contributed by atoms with Crippen molar-refractivity contribution in [2.75, 3.05) is 19.6 Å². The lowest BCUT2D eigenvalue weighted by Gasteiger charge is -2.34. The van der Waals surface area contributed by atoms with Crippen LogP contribution in [0.25, 0.3) is 0 Å². The van der Waals surface area contributed by atoms with E-state index in [-0.39, 0.29) is 13.1 Å². The summed E-state index contributed by atoms with van der Waals surface area (Å²) in [6, 6.07) is 7.04. The van der Waals surface area contributed by atoms with Crippen LogP contribution in [-0.2, 0) is 21.5 Å². The molecule has 0 bridgehead atoms. The summed E-state index contributed by atoms with van der Waals surface area (Å²) < 4.78 is 27.2. The van der Waals surface area contributed by atoms with E-state index in [9.17, 15) is 13.2 Å². The molecule has 0 radical (unpaired) electrons. The highest BCUT2D eigenvalue weighted by atomic mass is 35.5. The molecule has 1 heterocycles. The summed E-state index contributed by atoms with van der Waals surface area (Å²) in [5.41, 5.74) is 5.89. The van der Waals surface area contributed by atoms with E-state index in [4.69, 9.17) is 17.3 Å². The van der Waals surface area contributed by atoms with E-state index in [2.05, 4.69) is 0 Å². The molecule has 2 N–H and O–H groups in total. The van der Waals surface area contributed by atoms with E-state index in [0.717, 1.165) is 9.87 Å². The number of carbonyl (C=O) groups excluding carboxylic acids is 1. The topological polar surface area (TPSA) is 83.7 Å². The predicted molar refractivity (Wildman–Crippen MR) is 76.2 cm³/mol. The van der Waals surface area contributed by atoms with Gasteiger partial charge in [-0.15, -0.1) is 0 Å². The van der Waals surface area contributed by atoms with Crippen LogP contribution in [0, 0.1) is 0 Å². The molecule has 1 fully saturated rings. The van der Waals surface area contributed by atoms with Crippen LogP contribution in [0.4, 0.5) is 0 Å². The summed E-state index contributed by atoms with van der Waals surface area (Å²) in [6.07, 6.45) is 0.660. The Kier molecular flexibility index (Phi) is 4.64. The largest absolute Gasteiger partial charge is 0.369 e. The van der Waals surface area contributed by atoms with Crippen molar-refractivity contribution in [3.8, 4) is 0 Å². The van der Waals surface area contributed by atoms with Gasteiger partial charge in [0.15, 0.2) is 0 Å². The number of primary amides is 1. The molecule has 2 rings (SSSR count). The zero-order valence-electron chi connectivity index (χ0n) is 10.8. The van der Waals surface area contributed by atoms with Crippen molar-refractivity contribution >= 4 is 27.7 Å². The van der Waals surface area contributed by atoms with Crippen molar-refractivity contribution in [2.24, 2.45) is 5.73 Å². The summed E-state index contributed by atoms with van der Waals surface area (Å²) in [7, 11) is -3.65. The van der Waals surface area contributed by atoms with Gasteiger partial charge in [0.25, 0.3) is 10.2 Å². The normalized spacial score (nSPS) is 19.9. The maximum atomic E-state index is 12.3. The lowest BCUT2D eigenvalue weighted by molar-refractivity contribution is -0.118. The Morgan fingerprint density at radius 3 is 2.65 bits per heavy atom. The Balaban J connectivity index is 2.17. The lowest BCUT2D eigenvalue weighted by atomic mass is 10.2. The smallest absolute Gasteiger partial charge is 0.282 e. The van der Waals surface area contributed by atoms with Crippen molar-refractivity contribution < 1.29 is 13.2 Å². The van der Waals surface area contributed by atoms with Crippen LogP contribution in [0.5, 0.6) is 0 Å². The highest BCUT2D eigenvalue weighted by Gasteiger charge is 2.34. The van der Waals surface area contributed by atoms with Gasteiger partial charge in [-0.3, -0.25) is 4.79 Å². The monoisotopic (exact) mass is 317 g/mol. The molecular weight excluding hydrogens is 302 g/mol. The Labute approximate surface area is 123 Å². The second-order valence-corrected chi connectivity index (χ2v) is 6.99. The molecule has 0 spiro atoms. The molecule has 1 saturated heterocycles. The standard InChI is InChI=1S/C12H16ClN3O3S/c13-11-4-1-3-10(7-11)8-15-5-2-6-16(9-12(14)17)20(15,18)19/h1,3-4,7H,2,5-6,8-9H2,(H2,14,17). The highest BCUT2D eigenvalue weighted by Crippen LogP contribution is 2.20. The molecule has 1 aromatic rings. The Bertz CT molecular complexity index is 606. The molecule has 1 aromatic carbocycles. The van der Waals surface area contributed by atoms with E-state index < -0.39 is 16.1 Å². The average Bonchev–Trinajstić information content (AvgIpc) is 2.34. The van der Waals surface area contributed by atoms with Crippen LogP contribution in [0.3, 0.4) is 0 Å². The minimum Gasteiger partial charge on any atom is -0.369 e. The predicted octanol–water partition coefficient (Wildman–Crippen LogP) is 0.578. The lowest BCUT2D eigenvalue weighted by Crippen LogP contribution is -2.51. The van der Waals surface area contributed by atoms with Crippen molar-refractivity contribution in [3.63, 3.8) is 0 Å². The van der Waals surface area contributed by atoms with Gasteiger partial charge in [0.05, 0.1) is 6.54 Å². The van der Waals surface area contributed by atoms with Gasteiger partial charge in [0.2, 0.25) is 5.91 Å².